The smallest absolute Gasteiger partial charge is 0.203 e. The van der Waals surface area contributed by atoms with Gasteiger partial charge in [0, 0.05) is 22.8 Å². The van der Waals surface area contributed by atoms with Crippen molar-refractivity contribution < 1.29 is 32.9 Å². The van der Waals surface area contributed by atoms with Gasteiger partial charge in [-0.1, -0.05) is 17.3 Å². The molecule has 0 aliphatic carbocycles. The number of para-hydroxylation sites is 1. The molecule has 0 N–H and O–H groups in total. The van der Waals surface area contributed by atoms with E-state index in [2.05, 4.69) is 23.4 Å². The van der Waals surface area contributed by atoms with Gasteiger partial charge in [0.2, 0.25) is 5.75 Å². The Hall–Kier alpha value is -5.22. The Kier molecular flexibility index (Phi) is 10.1. The first-order chi connectivity index (χ1) is 23.1. The molecular weight excluding hydrogens is 616 g/mol. The van der Waals surface area contributed by atoms with Gasteiger partial charge < -0.3 is 32.9 Å². The van der Waals surface area contributed by atoms with Crippen LogP contribution >= 0.6 is 11.3 Å². The summed E-state index contributed by atoms with van der Waals surface area (Å²) in [7, 11) is 6.35. The van der Waals surface area contributed by atoms with Crippen LogP contribution in [0.2, 0.25) is 0 Å². The molecule has 10 heteroatoms. The summed E-state index contributed by atoms with van der Waals surface area (Å²) in [6.45, 7) is 1.18. The van der Waals surface area contributed by atoms with Crippen LogP contribution in [0.3, 0.4) is 0 Å². The number of hydrogen-bond acceptors (Lipinski definition) is 10. The molecule has 0 amide bonds. The van der Waals surface area contributed by atoms with Crippen molar-refractivity contribution in [2.24, 2.45) is 0 Å². The maximum Gasteiger partial charge on any atom is 0.203 e. The van der Waals surface area contributed by atoms with Gasteiger partial charge in [-0.05, 0) is 86.0 Å². The lowest BCUT2D eigenvalue weighted by molar-refractivity contribution is 0.270. The molecule has 0 atom stereocenters. The standard InChI is InChI=1S/C37H36N2O7S/c1-40-30-17-14-25(31-23-29(39-46-31)26-21-33(41-2)36(43-4)34(22-26)42-3)20-32(30)45-19-9-5-8-18-44-27-15-12-24(13-16-27)37-38-28-10-6-7-11-35(28)47-37/h6-7,10-17,20-23H,5,8-9,18-19H2,1-4H3. The average Bonchev–Trinajstić information content (AvgIpc) is 3.79. The summed E-state index contributed by atoms with van der Waals surface area (Å²) in [5.41, 5.74) is 4.33. The molecule has 6 aromatic rings. The third-order valence-electron chi connectivity index (χ3n) is 7.63. The van der Waals surface area contributed by atoms with Crippen LogP contribution in [0.1, 0.15) is 19.3 Å². The molecule has 0 aliphatic heterocycles. The molecule has 242 valence electrons. The first-order valence-corrected chi connectivity index (χ1v) is 16.1. The fourth-order valence-corrected chi connectivity index (χ4v) is 6.13. The zero-order chi connectivity index (χ0) is 32.6. The van der Waals surface area contributed by atoms with E-state index in [9.17, 15) is 0 Å². The van der Waals surface area contributed by atoms with Crippen molar-refractivity contribution in [1.29, 1.82) is 0 Å². The number of thiazole rings is 1. The van der Waals surface area contributed by atoms with Gasteiger partial charge in [0.25, 0.3) is 0 Å². The lowest BCUT2D eigenvalue weighted by Crippen LogP contribution is -2.02. The van der Waals surface area contributed by atoms with Crippen molar-refractivity contribution in [2.75, 3.05) is 41.7 Å². The molecular formula is C37H36N2O7S. The number of benzene rings is 4. The number of fused-ring (bicyclic) bond motifs is 1. The summed E-state index contributed by atoms with van der Waals surface area (Å²) in [5, 5.41) is 5.30. The van der Waals surface area contributed by atoms with Gasteiger partial charge in [0.05, 0.1) is 51.9 Å². The molecule has 0 radical (unpaired) electrons. The van der Waals surface area contributed by atoms with Crippen LogP contribution in [-0.2, 0) is 0 Å². The van der Waals surface area contributed by atoms with Gasteiger partial charge in [0.1, 0.15) is 16.5 Å². The van der Waals surface area contributed by atoms with Crippen LogP contribution in [0.25, 0.3) is 43.4 Å². The van der Waals surface area contributed by atoms with E-state index in [1.807, 2.05) is 66.7 Å². The minimum atomic E-state index is 0.513. The zero-order valence-electron chi connectivity index (χ0n) is 26.8. The number of unbranched alkanes of at least 4 members (excludes halogenated alkanes) is 2. The number of rotatable bonds is 15. The fraction of sp³-hybridized carbons (Fsp3) is 0.243. The summed E-state index contributed by atoms with van der Waals surface area (Å²) >= 11 is 1.70. The van der Waals surface area contributed by atoms with Crippen LogP contribution in [0.15, 0.2) is 89.5 Å². The van der Waals surface area contributed by atoms with E-state index in [0.29, 0.717) is 53.4 Å². The Labute approximate surface area is 277 Å². The highest BCUT2D eigenvalue weighted by Crippen LogP contribution is 2.42. The van der Waals surface area contributed by atoms with E-state index in [4.69, 9.17) is 37.9 Å². The van der Waals surface area contributed by atoms with E-state index < -0.39 is 0 Å². The Morgan fingerprint density at radius 2 is 1.30 bits per heavy atom. The second-order valence-corrected chi connectivity index (χ2v) is 11.7. The number of nitrogens with zero attached hydrogens (tertiary/aromatic N) is 2. The molecule has 9 nitrogen and oxygen atoms in total. The van der Waals surface area contributed by atoms with Crippen LogP contribution in [0, 0.1) is 0 Å². The molecule has 0 unspecified atom stereocenters. The number of methoxy groups -OCH3 is 4. The van der Waals surface area contributed by atoms with Gasteiger partial charge in [-0.15, -0.1) is 11.3 Å². The molecule has 0 saturated carbocycles. The fourth-order valence-electron chi connectivity index (χ4n) is 5.16. The molecule has 6 rings (SSSR count). The minimum absolute atomic E-state index is 0.513. The Balaban J connectivity index is 0.997. The van der Waals surface area contributed by atoms with Crippen LogP contribution < -0.4 is 28.4 Å². The van der Waals surface area contributed by atoms with Crippen molar-refractivity contribution >= 4 is 21.6 Å². The van der Waals surface area contributed by atoms with Crippen LogP contribution in [0.4, 0.5) is 0 Å². The molecule has 0 spiro atoms. The minimum Gasteiger partial charge on any atom is -0.494 e. The van der Waals surface area contributed by atoms with Gasteiger partial charge in [-0.3, -0.25) is 0 Å². The van der Waals surface area contributed by atoms with Crippen LogP contribution in [0.5, 0.6) is 34.5 Å². The molecule has 4 aromatic carbocycles. The van der Waals surface area contributed by atoms with E-state index >= 15 is 0 Å². The van der Waals surface area contributed by atoms with Gasteiger partial charge in [0.15, 0.2) is 28.8 Å². The molecule has 0 aliphatic rings. The lowest BCUT2D eigenvalue weighted by Gasteiger charge is -2.13. The van der Waals surface area contributed by atoms with Gasteiger partial charge in [-0.25, -0.2) is 4.98 Å². The highest BCUT2D eigenvalue weighted by molar-refractivity contribution is 7.21. The average molecular weight is 653 g/mol. The molecule has 2 heterocycles. The van der Waals surface area contributed by atoms with Crippen molar-refractivity contribution in [1.82, 2.24) is 10.1 Å². The SMILES string of the molecule is COc1ccc(-c2cc(-c3cc(OC)c(OC)c(OC)c3)no2)cc1OCCCCCOc1ccc(-c2nc3ccccc3s2)cc1. The maximum atomic E-state index is 6.13. The summed E-state index contributed by atoms with van der Waals surface area (Å²) in [6.07, 6.45) is 2.76. The highest BCUT2D eigenvalue weighted by Gasteiger charge is 2.18. The van der Waals surface area contributed by atoms with Crippen molar-refractivity contribution in [3.05, 3.63) is 84.9 Å². The molecule has 2 aromatic heterocycles. The predicted octanol–water partition coefficient (Wildman–Crippen LogP) is 8.95. The maximum absolute atomic E-state index is 6.13. The van der Waals surface area contributed by atoms with E-state index in [-0.39, 0.29) is 0 Å². The van der Waals surface area contributed by atoms with E-state index in [1.165, 1.54) is 4.70 Å². The molecule has 0 fully saturated rings. The third-order valence-corrected chi connectivity index (χ3v) is 8.71. The lowest BCUT2D eigenvalue weighted by atomic mass is 10.1. The van der Waals surface area contributed by atoms with Crippen molar-refractivity contribution in [3.8, 4) is 67.6 Å². The first kappa shape index (κ1) is 31.7. The van der Waals surface area contributed by atoms with Crippen molar-refractivity contribution in [2.45, 2.75) is 19.3 Å². The number of ether oxygens (including phenoxy) is 6. The van der Waals surface area contributed by atoms with E-state index in [0.717, 1.165) is 52.2 Å². The first-order valence-electron chi connectivity index (χ1n) is 15.3. The number of aromatic nitrogens is 2. The molecule has 0 saturated heterocycles. The topological polar surface area (TPSA) is 94.3 Å². The second-order valence-electron chi connectivity index (χ2n) is 10.6. The zero-order valence-corrected chi connectivity index (χ0v) is 27.6. The quantitative estimate of drug-likeness (QED) is 0.101. The second kappa shape index (κ2) is 14.9. The predicted molar refractivity (Wildman–Crippen MR) is 183 cm³/mol. The van der Waals surface area contributed by atoms with Crippen molar-refractivity contribution in [3.63, 3.8) is 0 Å². The van der Waals surface area contributed by atoms with Crippen LogP contribution in [-0.4, -0.2) is 51.8 Å². The summed E-state index contributed by atoms with van der Waals surface area (Å²) in [6, 6.07) is 27.5. The van der Waals surface area contributed by atoms with Gasteiger partial charge in [-0.2, -0.15) is 0 Å². The Morgan fingerprint density at radius 3 is 2.00 bits per heavy atom. The van der Waals surface area contributed by atoms with E-state index in [1.54, 1.807) is 39.8 Å². The summed E-state index contributed by atoms with van der Waals surface area (Å²) < 4.78 is 41.0. The normalized spacial score (nSPS) is 11.0. The Morgan fingerprint density at radius 1 is 0.617 bits per heavy atom. The molecule has 47 heavy (non-hydrogen) atoms. The molecule has 0 bridgehead atoms. The van der Waals surface area contributed by atoms with Gasteiger partial charge >= 0.3 is 0 Å². The Bertz CT molecular complexity index is 1880. The summed E-state index contributed by atoms with van der Waals surface area (Å²) in [5.74, 6) is 4.32. The highest BCUT2D eigenvalue weighted by atomic mass is 32.1. The largest absolute Gasteiger partial charge is 0.494 e. The monoisotopic (exact) mass is 652 g/mol. The third kappa shape index (κ3) is 7.28. The number of hydrogen-bond donors (Lipinski definition) is 0. The summed E-state index contributed by atoms with van der Waals surface area (Å²) in [4.78, 5) is 4.74.